The molecule has 2 N–H and O–H groups in total. The van der Waals surface area contributed by atoms with Crippen LogP contribution in [0.15, 0.2) is 42.6 Å². The predicted molar refractivity (Wildman–Crippen MR) is 98.3 cm³/mol. The number of nitrogens with zero attached hydrogens (tertiary/aromatic N) is 1. The van der Waals surface area contributed by atoms with Crippen molar-refractivity contribution in [2.24, 2.45) is 0 Å². The molecule has 0 unspecified atom stereocenters. The maximum Gasteiger partial charge on any atom is 0.252 e. The first-order valence-corrected chi connectivity index (χ1v) is 8.33. The van der Waals surface area contributed by atoms with Gasteiger partial charge in [0.25, 0.3) is 5.91 Å². The summed E-state index contributed by atoms with van der Waals surface area (Å²) >= 11 is 0. The van der Waals surface area contributed by atoms with E-state index in [0.29, 0.717) is 18.7 Å². The summed E-state index contributed by atoms with van der Waals surface area (Å²) < 4.78 is 10.3. The third kappa shape index (κ3) is 6.08. The Kier molecular flexibility index (Phi) is 7.72. The number of hydrogen-bond acceptors (Lipinski definition) is 5. The highest BCUT2D eigenvalue weighted by Gasteiger charge is 2.06. The van der Waals surface area contributed by atoms with Gasteiger partial charge < -0.3 is 20.1 Å². The van der Waals surface area contributed by atoms with E-state index in [9.17, 15) is 4.79 Å². The van der Waals surface area contributed by atoms with E-state index in [1.165, 1.54) is 0 Å². The van der Waals surface area contributed by atoms with Crippen molar-refractivity contribution in [2.45, 2.75) is 12.8 Å². The summed E-state index contributed by atoms with van der Waals surface area (Å²) in [5.74, 6) is 1.51. The second-order valence-corrected chi connectivity index (χ2v) is 5.52. The SMILES string of the molecule is COCCCNC(=O)c1ccc(NCCc2ccccc2OC)nc1. The second kappa shape index (κ2) is 10.3. The zero-order valence-corrected chi connectivity index (χ0v) is 14.7. The van der Waals surface area contributed by atoms with E-state index < -0.39 is 0 Å². The number of hydrogen-bond donors (Lipinski definition) is 2. The standard InChI is InChI=1S/C19H25N3O3/c1-24-13-5-11-21-19(23)16-8-9-18(22-14-16)20-12-10-15-6-3-4-7-17(15)25-2/h3-4,6-9,14H,5,10-13H2,1-2H3,(H,20,22)(H,21,23). The lowest BCUT2D eigenvalue weighted by Crippen LogP contribution is -2.25. The van der Waals surface area contributed by atoms with E-state index in [4.69, 9.17) is 9.47 Å². The molecule has 0 atom stereocenters. The fourth-order valence-corrected chi connectivity index (χ4v) is 2.39. The normalized spacial score (nSPS) is 10.3. The van der Waals surface area contributed by atoms with E-state index in [-0.39, 0.29) is 5.91 Å². The van der Waals surface area contributed by atoms with Gasteiger partial charge in [-0.25, -0.2) is 4.98 Å². The quantitative estimate of drug-likeness (QED) is 0.649. The highest BCUT2D eigenvalue weighted by molar-refractivity contribution is 5.94. The van der Waals surface area contributed by atoms with Crippen molar-refractivity contribution in [1.29, 1.82) is 0 Å². The molecule has 1 aromatic heterocycles. The zero-order valence-electron chi connectivity index (χ0n) is 14.7. The Labute approximate surface area is 148 Å². The van der Waals surface area contributed by atoms with Gasteiger partial charge in [0, 0.05) is 33.0 Å². The lowest BCUT2D eigenvalue weighted by Gasteiger charge is -2.10. The van der Waals surface area contributed by atoms with E-state index in [1.54, 1.807) is 26.5 Å². The molecule has 6 heteroatoms. The Morgan fingerprint density at radius 1 is 1.12 bits per heavy atom. The van der Waals surface area contributed by atoms with Crippen molar-refractivity contribution in [3.8, 4) is 5.75 Å². The van der Waals surface area contributed by atoms with Gasteiger partial charge in [-0.3, -0.25) is 4.79 Å². The molecule has 0 aliphatic rings. The maximum atomic E-state index is 12.0. The van der Waals surface area contributed by atoms with Crippen LogP contribution in [-0.4, -0.2) is 44.8 Å². The third-order valence-corrected chi connectivity index (χ3v) is 3.73. The lowest BCUT2D eigenvalue weighted by molar-refractivity contribution is 0.0948. The van der Waals surface area contributed by atoms with Crippen molar-refractivity contribution in [1.82, 2.24) is 10.3 Å². The number of carbonyl (C=O) groups is 1. The Morgan fingerprint density at radius 3 is 2.68 bits per heavy atom. The van der Waals surface area contributed by atoms with Crippen LogP contribution in [0.2, 0.25) is 0 Å². The first kappa shape index (κ1) is 18.7. The first-order valence-electron chi connectivity index (χ1n) is 8.33. The van der Waals surface area contributed by atoms with Crippen LogP contribution >= 0.6 is 0 Å². The van der Waals surface area contributed by atoms with E-state index in [1.807, 2.05) is 30.3 Å². The smallest absolute Gasteiger partial charge is 0.252 e. The van der Waals surface area contributed by atoms with Gasteiger partial charge >= 0.3 is 0 Å². The van der Waals surface area contributed by atoms with Crippen LogP contribution in [-0.2, 0) is 11.2 Å². The summed E-state index contributed by atoms with van der Waals surface area (Å²) in [6, 6.07) is 11.5. The van der Waals surface area contributed by atoms with Gasteiger partial charge in [0.15, 0.2) is 0 Å². The second-order valence-electron chi connectivity index (χ2n) is 5.52. The Bertz CT molecular complexity index is 659. The van der Waals surface area contributed by atoms with Crippen molar-refractivity contribution in [3.05, 3.63) is 53.7 Å². The Morgan fingerprint density at radius 2 is 1.96 bits per heavy atom. The van der Waals surface area contributed by atoms with Crippen LogP contribution in [0.3, 0.4) is 0 Å². The molecule has 6 nitrogen and oxygen atoms in total. The number of rotatable bonds is 10. The molecule has 0 aliphatic heterocycles. The van der Waals surface area contributed by atoms with E-state index >= 15 is 0 Å². The van der Waals surface area contributed by atoms with Gasteiger partial charge in [-0.15, -0.1) is 0 Å². The average Bonchev–Trinajstić information content (AvgIpc) is 2.66. The number of nitrogens with one attached hydrogen (secondary N) is 2. The molecule has 2 rings (SSSR count). The highest BCUT2D eigenvalue weighted by Crippen LogP contribution is 2.17. The minimum Gasteiger partial charge on any atom is -0.496 e. The Balaban J connectivity index is 1.79. The fraction of sp³-hybridized carbons (Fsp3) is 0.368. The fourth-order valence-electron chi connectivity index (χ4n) is 2.39. The molecule has 0 saturated carbocycles. The van der Waals surface area contributed by atoms with Gasteiger partial charge in [-0.1, -0.05) is 18.2 Å². The molecule has 0 fully saturated rings. The molecule has 1 amide bonds. The molecule has 0 radical (unpaired) electrons. The molecule has 1 heterocycles. The molecule has 0 bridgehead atoms. The van der Waals surface area contributed by atoms with Crippen molar-refractivity contribution in [3.63, 3.8) is 0 Å². The monoisotopic (exact) mass is 343 g/mol. The number of para-hydroxylation sites is 1. The number of methoxy groups -OCH3 is 2. The summed E-state index contributed by atoms with van der Waals surface area (Å²) in [4.78, 5) is 16.3. The molecule has 2 aromatic rings. The molecule has 25 heavy (non-hydrogen) atoms. The number of aromatic nitrogens is 1. The molecule has 134 valence electrons. The van der Waals surface area contributed by atoms with Gasteiger partial charge in [-0.2, -0.15) is 0 Å². The molecule has 0 spiro atoms. The van der Waals surface area contributed by atoms with E-state index in [0.717, 1.165) is 36.5 Å². The van der Waals surface area contributed by atoms with E-state index in [2.05, 4.69) is 15.6 Å². The zero-order chi connectivity index (χ0) is 17.9. The van der Waals surface area contributed by atoms with Gasteiger partial charge in [0.2, 0.25) is 0 Å². The van der Waals surface area contributed by atoms with Crippen LogP contribution in [0, 0.1) is 0 Å². The predicted octanol–water partition coefficient (Wildman–Crippen LogP) is 2.51. The topological polar surface area (TPSA) is 72.5 Å². The summed E-state index contributed by atoms with van der Waals surface area (Å²) in [5.41, 5.74) is 1.69. The minimum absolute atomic E-state index is 0.121. The molecular weight excluding hydrogens is 318 g/mol. The van der Waals surface area contributed by atoms with Crippen LogP contribution in [0.5, 0.6) is 5.75 Å². The molecule has 0 saturated heterocycles. The van der Waals surface area contributed by atoms with Crippen molar-refractivity contribution in [2.75, 3.05) is 39.2 Å². The third-order valence-electron chi connectivity index (χ3n) is 3.73. The van der Waals surface area contributed by atoms with Crippen LogP contribution in [0.4, 0.5) is 5.82 Å². The van der Waals surface area contributed by atoms with Crippen LogP contribution in [0.1, 0.15) is 22.3 Å². The van der Waals surface area contributed by atoms with Gasteiger partial charge in [0.05, 0.1) is 12.7 Å². The molecule has 0 aliphatic carbocycles. The average molecular weight is 343 g/mol. The summed E-state index contributed by atoms with van der Waals surface area (Å²) in [5, 5.41) is 6.09. The lowest BCUT2D eigenvalue weighted by atomic mass is 10.1. The van der Waals surface area contributed by atoms with Crippen molar-refractivity contribution >= 4 is 11.7 Å². The number of ether oxygens (including phenoxy) is 2. The first-order chi connectivity index (χ1) is 12.2. The Hall–Kier alpha value is -2.60. The van der Waals surface area contributed by atoms with Crippen molar-refractivity contribution < 1.29 is 14.3 Å². The van der Waals surface area contributed by atoms with Gasteiger partial charge in [0.1, 0.15) is 11.6 Å². The van der Waals surface area contributed by atoms with Crippen LogP contribution in [0.25, 0.3) is 0 Å². The summed E-state index contributed by atoms with van der Waals surface area (Å²) in [6.45, 7) is 1.95. The minimum atomic E-state index is -0.121. The molecule has 1 aromatic carbocycles. The highest BCUT2D eigenvalue weighted by atomic mass is 16.5. The number of carbonyl (C=O) groups excluding carboxylic acids is 1. The maximum absolute atomic E-state index is 12.0. The molecular formula is C19H25N3O3. The number of anilines is 1. The number of pyridine rings is 1. The summed E-state index contributed by atoms with van der Waals surface area (Å²) in [7, 11) is 3.32. The van der Waals surface area contributed by atoms with Crippen LogP contribution < -0.4 is 15.4 Å². The number of benzene rings is 1. The largest absolute Gasteiger partial charge is 0.496 e. The number of amides is 1. The van der Waals surface area contributed by atoms with Gasteiger partial charge in [-0.05, 0) is 36.6 Å². The summed E-state index contributed by atoms with van der Waals surface area (Å²) in [6.07, 6.45) is 3.20.